The van der Waals surface area contributed by atoms with E-state index in [9.17, 15) is 14.7 Å². The Morgan fingerprint density at radius 2 is 1.90 bits per heavy atom. The van der Waals surface area contributed by atoms with E-state index in [1.54, 1.807) is 0 Å². The summed E-state index contributed by atoms with van der Waals surface area (Å²) < 4.78 is 1.52. The molecule has 0 saturated carbocycles. The highest BCUT2D eigenvalue weighted by molar-refractivity contribution is 7.18. The van der Waals surface area contributed by atoms with Crippen molar-refractivity contribution >= 4 is 27.5 Å². The zero-order valence-corrected chi connectivity index (χ0v) is 19.1. The third-order valence-electron chi connectivity index (χ3n) is 6.52. The number of nitrogens with zero attached hydrogens (tertiary/aromatic N) is 3. The summed E-state index contributed by atoms with van der Waals surface area (Å²) in [6.45, 7) is 7.19. The maximum Gasteiger partial charge on any atom is 0.262 e. The summed E-state index contributed by atoms with van der Waals surface area (Å²) in [4.78, 5) is 33.8. The van der Waals surface area contributed by atoms with E-state index in [0.717, 1.165) is 20.8 Å². The first kappa shape index (κ1) is 21.7. The minimum Gasteiger partial charge on any atom is -0.388 e. The molecule has 0 radical (unpaired) electrons. The van der Waals surface area contributed by atoms with E-state index in [-0.39, 0.29) is 23.9 Å². The van der Waals surface area contributed by atoms with Crippen molar-refractivity contribution in [3.8, 4) is 0 Å². The summed E-state index contributed by atoms with van der Waals surface area (Å²) in [6, 6.07) is 10.1. The average Bonchev–Trinajstić information content (AvgIpc) is 3.05. The van der Waals surface area contributed by atoms with Gasteiger partial charge in [0.1, 0.15) is 4.83 Å². The minimum absolute atomic E-state index is 0.101. The fourth-order valence-electron chi connectivity index (χ4n) is 4.32. The van der Waals surface area contributed by atoms with Crippen molar-refractivity contribution in [3.63, 3.8) is 0 Å². The first-order valence-electron chi connectivity index (χ1n) is 10.8. The SMILES string of the molecule is Cc1sc2ncn(CC3(O)CCN(C(=O)CC(C)c4ccccc4)CC3)c(=O)c2c1C. The molecule has 7 heteroatoms. The summed E-state index contributed by atoms with van der Waals surface area (Å²) in [6.07, 6.45) is 2.89. The van der Waals surface area contributed by atoms with Crippen LogP contribution in [0.25, 0.3) is 10.2 Å². The number of carbonyl (C=O) groups is 1. The molecule has 0 aliphatic carbocycles. The van der Waals surface area contributed by atoms with Crippen molar-refractivity contribution in [3.05, 3.63) is 63.0 Å². The highest BCUT2D eigenvalue weighted by atomic mass is 32.1. The van der Waals surface area contributed by atoms with Crippen LogP contribution in [0.15, 0.2) is 41.5 Å². The van der Waals surface area contributed by atoms with Gasteiger partial charge in [0.2, 0.25) is 5.91 Å². The summed E-state index contributed by atoms with van der Waals surface area (Å²) in [5, 5.41) is 11.8. The summed E-state index contributed by atoms with van der Waals surface area (Å²) >= 11 is 1.52. The second-order valence-corrected chi connectivity index (χ2v) is 9.97. The third kappa shape index (κ3) is 4.43. The van der Waals surface area contributed by atoms with Gasteiger partial charge in [-0.1, -0.05) is 37.3 Å². The molecule has 0 spiro atoms. The molecule has 1 saturated heterocycles. The molecule has 1 aromatic carbocycles. The molecule has 0 bridgehead atoms. The van der Waals surface area contributed by atoms with Crippen LogP contribution >= 0.6 is 11.3 Å². The zero-order chi connectivity index (χ0) is 22.2. The van der Waals surface area contributed by atoms with Crippen LogP contribution < -0.4 is 5.56 Å². The molecule has 1 atom stereocenters. The lowest BCUT2D eigenvalue weighted by Crippen LogP contribution is -2.49. The van der Waals surface area contributed by atoms with E-state index < -0.39 is 5.60 Å². The second kappa shape index (κ2) is 8.55. The predicted molar refractivity (Wildman–Crippen MR) is 124 cm³/mol. The Bertz CT molecular complexity index is 1140. The van der Waals surface area contributed by atoms with Gasteiger partial charge in [0.05, 0.1) is 23.9 Å². The molecular weight excluding hydrogens is 410 g/mol. The lowest BCUT2D eigenvalue weighted by Gasteiger charge is -2.38. The van der Waals surface area contributed by atoms with Gasteiger partial charge >= 0.3 is 0 Å². The van der Waals surface area contributed by atoms with Crippen molar-refractivity contribution in [2.24, 2.45) is 0 Å². The van der Waals surface area contributed by atoms with Gasteiger partial charge in [0, 0.05) is 24.4 Å². The number of aryl methyl sites for hydroxylation is 2. The first-order chi connectivity index (χ1) is 14.8. The molecule has 1 aliphatic heterocycles. The highest BCUT2D eigenvalue weighted by Gasteiger charge is 2.35. The van der Waals surface area contributed by atoms with Gasteiger partial charge in [0.25, 0.3) is 5.56 Å². The number of amides is 1. The van der Waals surface area contributed by atoms with Crippen LogP contribution in [0.5, 0.6) is 0 Å². The van der Waals surface area contributed by atoms with Gasteiger partial charge in [-0.3, -0.25) is 14.2 Å². The molecule has 164 valence electrons. The number of aliphatic hydroxyl groups is 1. The zero-order valence-electron chi connectivity index (χ0n) is 18.3. The first-order valence-corrected chi connectivity index (χ1v) is 11.6. The molecule has 3 aromatic rings. The lowest BCUT2D eigenvalue weighted by molar-refractivity contribution is -0.136. The molecule has 4 rings (SSSR count). The maximum atomic E-state index is 13.0. The summed E-state index contributed by atoms with van der Waals surface area (Å²) in [5.41, 5.74) is 1.01. The standard InChI is InChI=1S/C24H29N3O3S/c1-16(19-7-5-4-6-8-19)13-20(28)26-11-9-24(30,10-12-26)14-27-15-25-22-21(23(27)29)17(2)18(3)31-22/h4-8,15-16,30H,9-14H2,1-3H3. The van der Waals surface area contributed by atoms with Crippen molar-refractivity contribution in [2.45, 2.75) is 58.1 Å². The molecule has 3 heterocycles. The fraction of sp³-hybridized carbons (Fsp3) is 0.458. The van der Waals surface area contributed by atoms with E-state index in [0.29, 0.717) is 37.7 Å². The van der Waals surface area contributed by atoms with Gasteiger partial charge in [-0.2, -0.15) is 0 Å². The van der Waals surface area contributed by atoms with Crippen LogP contribution in [0.2, 0.25) is 0 Å². The monoisotopic (exact) mass is 439 g/mol. The topological polar surface area (TPSA) is 75.4 Å². The quantitative estimate of drug-likeness (QED) is 0.659. The molecule has 1 fully saturated rings. The van der Waals surface area contributed by atoms with E-state index >= 15 is 0 Å². The fourth-order valence-corrected chi connectivity index (χ4v) is 5.31. The van der Waals surface area contributed by atoms with E-state index in [1.807, 2.05) is 49.1 Å². The molecule has 1 unspecified atom stereocenters. The Morgan fingerprint density at radius 3 is 2.58 bits per heavy atom. The minimum atomic E-state index is -1.01. The van der Waals surface area contributed by atoms with Gasteiger partial charge in [-0.05, 0) is 43.7 Å². The van der Waals surface area contributed by atoms with Crippen LogP contribution in [-0.4, -0.2) is 44.2 Å². The molecule has 2 aromatic heterocycles. The number of fused-ring (bicyclic) bond motifs is 1. The number of piperidine rings is 1. The number of carbonyl (C=O) groups excluding carboxylic acids is 1. The van der Waals surface area contributed by atoms with Gasteiger partial charge < -0.3 is 10.0 Å². The van der Waals surface area contributed by atoms with Crippen molar-refractivity contribution < 1.29 is 9.90 Å². The van der Waals surface area contributed by atoms with Crippen molar-refractivity contribution in [2.75, 3.05) is 13.1 Å². The predicted octanol–water partition coefficient (Wildman–Crippen LogP) is 3.62. The smallest absolute Gasteiger partial charge is 0.262 e. The van der Waals surface area contributed by atoms with Crippen LogP contribution in [0.3, 0.4) is 0 Å². The average molecular weight is 440 g/mol. The molecule has 6 nitrogen and oxygen atoms in total. The van der Waals surface area contributed by atoms with Crippen molar-refractivity contribution in [1.29, 1.82) is 0 Å². The van der Waals surface area contributed by atoms with E-state index in [2.05, 4.69) is 11.9 Å². The van der Waals surface area contributed by atoms with E-state index in [4.69, 9.17) is 0 Å². The van der Waals surface area contributed by atoms with Crippen LogP contribution in [-0.2, 0) is 11.3 Å². The van der Waals surface area contributed by atoms with Crippen LogP contribution in [0.1, 0.15) is 48.1 Å². The van der Waals surface area contributed by atoms with Crippen LogP contribution in [0, 0.1) is 13.8 Å². The largest absolute Gasteiger partial charge is 0.388 e. The molecule has 1 N–H and O–H groups in total. The van der Waals surface area contributed by atoms with Gasteiger partial charge in [0.15, 0.2) is 0 Å². The second-order valence-electron chi connectivity index (χ2n) is 8.76. The molecule has 1 amide bonds. The molecular formula is C24H29N3O3S. The number of likely N-dealkylation sites (tertiary alicyclic amines) is 1. The normalized spacial score (nSPS) is 17.1. The summed E-state index contributed by atoms with van der Waals surface area (Å²) in [7, 11) is 0. The Labute approximate surface area is 186 Å². The molecule has 1 aliphatic rings. The Hall–Kier alpha value is -2.51. The van der Waals surface area contributed by atoms with Crippen molar-refractivity contribution in [1.82, 2.24) is 14.5 Å². The van der Waals surface area contributed by atoms with Crippen LogP contribution in [0.4, 0.5) is 0 Å². The summed E-state index contributed by atoms with van der Waals surface area (Å²) in [5.74, 6) is 0.270. The third-order valence-corrected chi connectivity index (χ3v) is 7.63. The maximum absolute atomic E-state index is 13.0. The Morgan fingerprint density at radius 1 is 1.23 bits per heavy atom. The lowest BCUT2D eigenvalue weighted by atomic mass is 9.90. The Balaban J connectivity index is 1.40. The number of aromatic nitrogens is 2. The van der Waals surface area contributed by atoms with E-state index in [1.165, 1.54) is 22.2 Å². The number of rotatable bonds is 5. The number of thiophene rings is 1. The highest BCUT2D eigenvalue weighted by Crippen LogP contribution is 2.28. The molecule has 31 heavy (non-hydrogen) atoms. The number of benzene rings is 1. The number of hydrogen-bond donors (Lipinski definition) is 1. The van der Waals surface area contributed by atoms with Gasteiger partial charge in [-0.15, -0.1) is 11.3 Å². The number of hydrogen-bond acceptors (Lipinski definition) is 5. The van der Waals surface area contributed by atoms with Gasteiger partial charge in [-0.25, -0.2) is 4.98 Å². The Kier molecular flexibility index (Phi) is 5.99.